The SMILES string of the molecule is Cc1c(Cl)cccc1NC(=O)CCNC(=O)/C=C/c1ccccn1. The van der Waals surface area contributed by atoms with Gasteiger partial charge in [0.25, 0.3) is 0 Å². The lowest BCUT2D eigenvalue weighted by Crippen LogP contribution is -2.26. The molecule has 0 unspecified atom stereocenters. The molecule has 24 heavy (non-hydrogen) atoms. The molecule has 0 spiro atoms. The smallest absolute Gasteiger partial charge is 0.244 e. The molecule has 0 aliphatic rings. The van der Waals surface area contributed by atoms with Crippen LogP contribution < -0.4 is 10.6 Å². The Morgan fingerprint density at radius 1 is 1.21 bits per heavy atom. The molecule has 6 heteroatoms. The molecule has 2 amide bonds. The van der Waals surface area contributed by atoms with Gasteiger partial charge in [-0.05, 0) is 42.8 Å². The van der Waals surface area contributed by atoms with Crippen LogP contribution in [0.3, 0.4) is 0 Å². The van der Waals surface area contributed by atoms with E-state index in [0.717, 1.165) is 5.56 Å². The predicted molar refractivity (Wildman–Crippen MR) is 95.7 cm³/mol. The molecule has 0 fully saturated rings. The maximum absolute atomic E-state index is 11.9. The first-order chi connectivity index (χ1) is 11.6. The van der Waals surface area contributed by atoms with Crippen LogP contribution >= 0.6 is 11.6 Å². The third-order valence-electron chi connectivity index (χ3n) is 3.29. The van der Waals surface area contributed by atoms with Gasteiger partial charge in [-0.2, -0.15) is 0 Å². The Morgan fingerprint density at radius 3 is 2.79 bits per heavy atom. The maximum atomic E-state index is 11.9. The lowest BCUT2D eigenvalue weighted by atomic mass is 10.2. The van der Waals surface area contributed by atoms with Gasteiger partial charge >= 0.3 is 0 Å². The van der Waals surface area contributed by atoms with E-state index in [1.54, 1.807) is 42.6 Å². The average molecular weight is 344 g/mol. The number of hydrogen-bond acceptors (Lipinski definition) is 3. The zero-order valence-corrected chi connectivity index (χ0v) is 14.0. The Balaban J connectivity index is 1.75. The van der Waals surface area contributed by atoms with Crippen molar-refractivity contribution in [1.82, 2.24) is 10.3 Å². The number of pyridine rings is 1. The van der Waals surface area contributed by atoms with Crippen LogP contribution in [0.25, 0.3) is 6.08 Å². The van der Waals surface area contributed by atoms with Gasteiger partial charge in [-0.15, -0.1) is 0 Å². The van der Waals surface area contributed by atoms with Crippen LogP contribution in [-0.2, 0) is 9.59 Å². The number of hydrogen-bond donors (Lipinski definition) is 2. The van der Waals surface area contributed by atoms with Crippen molar-refractivity contribution < 1.29 is 9.59 Å². The summed E-state index contributed by atoms with van der Waals surface area (Å²) in [5, 5.41) is 6.03. The number of benzene rings is 1. The summed E-state index contributed by atoms with van der Waals surface area (Å²) in [6.07, 6.45) is 4.83. The second-order valence-electron chi connectivity index (χ2n) is 5.09. The molecule has 2 aromatic rings. The van der Waals surface area contributed by atoms with E-state index in [4.69, 9.17) is 11.6 Å². The van der Waals surface area contributed by atoms with Crippen LogP contribution in [-0.4, -0.2) is 23.3 Å². The number of carbonyl (C=O) groups excluding carboxylic acids is 2. The van der Waals surface area contributed by atoms with E-state index in [2.05, 4.69) is 15.6 Å². The summed E-state index contributed by atoms with van der Waals surface area (Å²) in [5.74, 6) is -0.457. The van der Waals surface area contributed by atoms with Gasteiger partial charge in [-0.1, -0.05) is 23.7 Å². The first-order valence-corrected chi connectivity index (χ1v) is 7.86. The molecular formula is C18H18ClN3O2. The first-order valence-electron chi connectivity index (χ1n) is 7.48. The fourth-order valence-electron chi connectivity index (χ4n) is 1.95. The van der Waals surface area contributed by atoms with Crippen molar-refractivity contribution in [2.45, 2.75) is 13.3 Å². The maximum Gasteiger partial charge on any atom is 0.244 e. The summed E-state index contributed by atoms with van der Waals surface area (Å²) in [6, 6.07) is 10.8. The molecule has 0 atom stereocenters. The van der Waals surface area contributed by atoms with Gasteiger partial charge in [-0.3, -0.25) is 14.6 Å². The van der Waals surface area contributed by atoms with Crippen molar-refractivity contribution in [3.05, 3.63) is 65.0 Å². The van der Waals surface area contributed by atoms with E-state index in [1.807, 2.05) is 13.0 Å². The molecule has 0 aliphatic heterocycles. The Morgan fingerprint density at radius 2 is 2.04 bits per heavy atom. The van der Waals surface area contributed by atoms with E-state index in [9.17, 15) is 9.59 Å². The first kappa shape index (κ1) is 17.7. The molecule has 1 aromatic heterocycles. The number of nitrogens with one attached hydrogen (secondary N) is 2. The quantitative estimate of drug-likeness (QED) is 0.791. The van der Waals surface area contributed by atoms with Gasteiger partial charge in [-0.25, -0.2) is 0 Å². The fraction of sp³-hybridized carbons (Fsp3) is 0.167. The highest BCUT2D eigenvalue weighted by Crippen LogP contribution is 2.22. The zero-order valence-electron chi connectivity index (χ0n) is 13.3. The van der Waals surface area contributed by atoms with Crippen molar-refractivity contribution in [3.8, 4) is 0 Å². The van der Waals surface area contributed by atoms with Crippen LogP contribution in [0.15, 0.2) is 48.7 Å². The molecule has 124 valence electrons. The standard InChI is InChI=1S/C18H18ClN3O2/c1-13-15(19)6-4-7-16(13)22-18(24)10-12-21-17(23)9-8-14-5-2-3-11-20-14/h2-9,11H,10,12H2,1H3,(H,21,23)(H,22,24)/b9-8+. The van der Waals surface area contributed by atoms with E-state index in [0.29, 0.717) is 16.4 Å². The Labute approximate surface area is 145 Å². The number of amides is 2. The highest BCUT2D eigenvalue weighted by molar-refractivity contribution is 6.31. The predicted octanol–water partition coefficient (Wildman–Crippen LogP) is 3.20. The van der Waals surface area contributed by atoms with Crippen LogP contribution in [0.5, 0.6) is 0 Å². The molecule has 1 aromatic carbocycles. The number of aromatic nitrogens is 1. The van der Waals surface area contributed by atoms with Gasteiger partial charge in [0.15, 0.2) is 0 Å². The molecule has 1 heterocycles. The van der Waals surface area contributed by atoms with Crippen LogP contribution in [0.4, 0.5) is 5.69 Å². The average Bonchev–Trinajstić information content (AvgIpc) is 2.58. The van der Waals surface area contributed by atoms with Crippen LogP contribution in [0.2, 0.25) is 5.02 Å². The van der Waals surface area contributed by atoms with Gasteiger partial charge in [0.05, 0.1) is 5.69 Å². The Bertz CT molecular complexity index is 745. The van der Waals surface area contributed by atoms with Crippen molar-refractivity contribution in [1.29, 1.82) is 0 Å². The summed E-state index contributed by atoms with van der Waals surface area (Å²) in [5.41, 5.74) is 2.19. The van der Waals surface area contributed by atoms with Crippen molar-refractivity contribution in [2.75, 3.05) is 11.9 Å². The minimum Gasteiger partial charge on any atom is -0.352 e. The number of nitrogens with zero attached hydrogens (tertiary/aromatic N) is 1. The van der Waals surface area contributed by atoms with Gasteiger partial charge in [0.2, 0.25) is 11.8 Å². The molecule has 0 bridgehead atoms. The number of halogens is 1. The van der Waals surface area contributed by atoms with E-state index in [-0.39, 0.29) is 24.8 Å². The number of anilines is 1. The molecule has 0 saturated heterocycles. The second-order valence-corrected chi connectivity index (χ2v) is 5.50. The minimum atomic E-state index is -0.271. The molecule has 5 nitrogen and oxygen atoms in total. The number of carbonyl (C=O) groups is 2. The highest BCUT2D eigenvalue weighted by Gasteiger charge is 2.07. The van der Waals surface area contributed by atoms with E-state index >= 15 is 0 Å². The Hall–Kier alpha value is -2.66. The summed E-state index contributed by atoms with van der Waals surface area (Å²) in [7, 11) is 0. The van der Waals surface area contributed by atoms with E-state index < -0.39 is 0 Å². The van der Waals surface area contributed by atoms with Crippen LogP contribution in [0.1, 0.15) is 17.7 Å². The third-order valence-corrected chi connectivity index (χ3v) is 3.70. The van der Waals surface area contributed by atoms with Gasteiger partial charge in [0.1, 0.15) is 0 Å². The zero-order chi connectivity index (χ0) is 17.4. The summed E-state index contributed by atoms with van der Waals surface area (Å²) in [4.78, 5) is 27.7. The topological polar surface area (TPSA) is 71.1 Å². The lowest BCUT2D eigenvalue weighted by molar-refractivity contribution is -0.117. The monoisotopic (exact) mass is 343 g/mol. The summed E-state index contributed by atoms with van der Waals surface area (Å²) >= 11 is 6.01. The van der Waals surface area contributed by atoms with Crippen LogP contribution in [0, 0.1) is 6.92 Å². The van der Waals surface area contributed by atoms with Crippen molar-refractivity contribution in [3.63, 3.8) is 0 Å². The molecule has 0 aliphatic carbocycles. The number of rotatable bonds is 6. The molecular weight excluding hydrogens is 326 g/mol. The van der Waals surface area contributed by atoms with Crippen molar-refractivity contribution in [2.24, 2.45) is 0 Å². The second kappa shape index (κ2) is 8.84. The van der Waals surface area contributed by atoms with Crippen molar-refractivity contribution >= 4 is 35.2 Å². The molecule has 0 radical (unpaired) electrons. The molecule has 0 saturated carbocycles. The van der Waals surface area contributed by atoms with Gasteiger partial charge < -0.3 is 10.6 Å². The lowest BCUT2D eigenvalue weighted by Gasteiger charge is -2.09. The molecule has 2 N–H and O–H groups in total. The summed E-state index contributed by atoms with van der Waals surface area (Å²) < 4.78 is 0. The largest absolute Gasteiger partial charge is 0.352 e. The normalized spacial score (nSPS) is 10.6. The van der Waals surface area contributed by atoms with Gasteiger partial charge in [0, 0.05) is 35.9 Å². The minimum absolute atomic E-state index is 0.176. The highest BCUT2D eigenvalue weighted by atomic mass is 35.5. The Kier molecular flexibility index (Phi) is 6.51. The molecule has 2 rings (SSSR count). The third kappa shape index (κ3) is 5.52. The van der Waals surface area contributed by atoms with E-state index in [1.165, 1.54) is 6.08 Å². The summed E-state index contributed by atoms with van der Waals surface area (Å²) in [6.45, 7) is 2.08. The fourth-order valence-corrected chi connectivity index (χ4v) is 2.12.